The van der Waals surface area contributed by atoms with E-state index in [1.807, 2.05) is 41.9 Å². The van der Waals surface area contributed by atoms with E-state index in [2.05, 4.69) is 57.6 Å². The van der Waals surface area contributed by atoms with Gasteiger partial charge in [-0.05, 0) is 46.3 Å². The number of hydrazone groups is 1. The van der Waals surface area contributed by atoms with Crippen molar-refractivity contribution in [2.75, 3.05) is 5.43 Å². The lowest BCUT2D eigenvalue weighted by molar-refractivity contribution is 0.949. The van der Waals surface area contributed by atoms with Gasteiger partial charge in [-0.1, -0.05) is 15.9 Å². The number of hydrogen-bond acceptors (Lipinski definition) is 6. The smallest absolute Gasteiger partial charge is 0.265 e. The number of aromatic nitrogens is 4. The predicted molar refractivity (Wildman–Crippen MR) is 105 cm³/mol. The highest BCUT2D eigenvalue weighted by Crippen LogP contribution is 2.28. The Morgan fingerprint density at radius 3 is 2.88 bits per heavy atom. The second-order valence-corrected chi connectivity index (χ2v) is 8.45. The lowest BCUT2D eigenvalue weighted by atomic mass is 10.2. The minimum absolute atomic E-state index is 0.361. The monoisotopic (exact) mass is 464 g/mol. The average molecular weight is 466 g/mol. The number of benzene rings is 1. The Hall–Kier alpha value is -1.84. The number of hydrogen-bond donors (Lipinski definition) is 1. The van der Waals surface area contributed by atoms with E-state index in [4.69, 9.17) is 0 Å². The molecule has 3 aromatic heterocycles. The predicted octanol–water partition coefficient (Wildman–Crippen LogP) is 4.55. The quantitative estimate of drug-likeness (QED) is 0.356. The molecule has 4 aromatic rings. The molecule has 1 aromatic carbocycles. The molecular weight excluding hydrogens is 456 g/mol. The molecular formula is C15H10Br2N6S. The van der Waals surface area contributed by atoms with Crippen LogP contribution in [0.3, 0.4) is 0 Å². The fraction of sp³-hybridized carbons (Fsp3) is 0.0667. The van der Waals surface area contributed by atoms with Crippen molar-refractivity contribution in [2.24, 2.45) is 12.1 Å². The summed E-state index contributed by atoms with van der Waals surface area (Å²) in [5.41, 5.74) is 5.41. The molecule has 0 bridgehead atoms. The SMILES string of the molecule is Cn1c2ccc(Br)cc2c2nnc(NN=Cc3ccc(Br)s3)nc21. The molecule has 6 nitrogen and oxygen atoms in total. The van der Waals surface area contributed by atoms with Crippen LogP contribution in [-0.4, -0.2) is 26.0 Å². The van der Waals surface area contributed by atoms with Crippen LogP contribution in [0.5, 0.6) is 0 Å². The van der Waals surface area contributed by atoms with E-state index >= 15 is 0 Å². The van der Waals surface area contributed by atoms with E-state index in [0.29, 0.717) is 5.95 Å². The molecule has 0 spiro atoms. The average Bonchev–Trinajstić information content (AvgIpc) is 3.10. The number of nitrogens with zero attached hydrogens (tertiary/aromatic N) is 5. The van der Waals surface area contributed by atoms with Crippen molar-refractivity contribution in [1.82, 2.24) is 19.7 Å². The van der Waals surface area contributed by atoms with Crippen molar-refractivity contribution >= 4 is 77.4 Å². The summed E-state index contributed by atoms with van der Waals surface area (Å²) in [6.07, 6.45) is 1.72. The van der Waals surface area contributed by atoms with Crippen molar-refractivity contribution in [2.45, 2.75) is 0 Å². The van der Waals surface area contributed by atoms with Gasteiger partial charge in [0.1, 0.15) is 5.52 Å². The molecule has 120 valence electrons. The first-order valence-electron chi connectivity index (χ1n) is 6.94. The molecule has 0 atom stereocenters. The fourth-order valence-corrected chi connectivity index (χ4v) is 4.09. The Balaban J connectivity index is 1.69. The van der Waals surface area contributed by atoms with Crippen molar-refractivity contribution < 1.29 is 0 Å². The number of rotatable bonds is 3. The maximum atomic E-state index is 4.52. The first-order chi connectivity index (χ1) is 11.6. The molecule has 0 radical (unpaired) electrons. The summed E-state index contributed by atoms with van der Waals surface area (Å²) in [6, 6.07) is 10.0. The van der Waals surface area contributed by atoms with Crippen molar-refractivity contribution in [3.05, 3.63) is 43.5 Å². The number of aryl methyl sites for hydroxylation is 1. The number of fused-ring (bicyclic) bond motifs is 3. The third kappa shape index (κ3) is 2.83. The van der Waals surface area contributed by atoms with Crippen LogP contribution in [-0.2, 0) is 7.05 Å². The van der Waals surface area contributed by atoms with E-state index in [1.165, 1.54) is 0 Å². The standard InChI is InChI=1S/C15H10Br2N6S/c1-23-11-4-2-8(16)6-10(11)13-14(23)19-15(22-20-13)21-18-7-9-3-5-12(17)24-9/h2-7H,1H3,(H,19,21,22). The Morgan fingerprint density at radius 2 is 2.08 bits per heavy atom. The number of nitrogens with one attached hydrogen (secondary N) is 1. The Morgan fingerprint density at radius 1 is 1.21 bits per heavy atom. The highest BCUT2D eigenvalue weighted by Gasteiger charge is 2.12. The van der Waals surface area contributed by atoms with E-state index in [1.54, 1.807) is 17.6 Å². The summed E-state index contributed by atoms with van der Waals surface area (Å²) in [5.74, 6) is 0.361. The van der Waals surface area contributed by atoms with Gasteiger partial charge >= 0.3 is 0 Å². The molecule has 0 unspecified atom stereocenters. The summed E-state index contributed by atoms with van der Waals surface area (Å²) >= 11 is 8.50. The van der Waals surface area contributed by atoms with Crippen molar-refractivity contribution in [1.29, 1.82) is 0 Å². The van der Waals surface area contributed by atoms with Crippen LogP contribution in [0.2, 0.25) is 0 Å². The third-order valence-corrected chi connectivity index (χ3v) is 5.56. The van der Waals surface area contributed by atoms with Crippen LogP contribution < -0.4 is 5.43 Å². The van der Waals surface area contributed by atoms with Crippen LogP contribution >= 0.6 is 43.2 Å². The highest BCUT2D eigenvalue weighted by molar-refractivity contribution is 9.11. The van der Waals surface area contributed by atoms with Crippen LogP contribution in [0.1, 0.15) is 4.88 Å². The van der Waals surface area contributed by atoms with Gasteiger partial charge in [0.25, 0.3) is 5.95 Å². The van der Waals surface area contributed by atoms with Gasteiger partial charge in [-0.25, -0.2) is 5.43 Å². The number of halogens is 2. The molecule has 0 aliphatic carbocycles. The van der Waals surface area contributed by atoms with Gasteiger partial charge in [0.15, 0.2) is 5.65 Å². The van der Waals surface area contributed by atoms with Crippen molar-refractivity contribution in [3.8, 4) is 0 Å². The minimum atomic E-state index is 0.361. The maximum Gasteiger partial charge on any atom is 0.265 e. The lowest BCUT2D eigenvalue weighted by Gasteiger charge is -1.99. The summed E-state index contributed by atoms with van der Waals surface area (Å²) < 4.78 is 4.06. The zero-order chi connectivity index (χ0) is 16.7. The molecule has 24 heavy (non-hydrogen) atoms. The molecule has 0 saturated carbocycles. The van der Waals surface area contributed by atoms with Gasteiger partial charge in [-0.15, -0.1) is 21.5 Å². The van der Waals surface area contributed by atoms with Crippen molar-refractivity contribution in [3.63, 3.8) is 0 Å². The highest BCUT2D eigenvalue weighted by atomic mass is 79.9. The first kappa shape index (κ1) is 15.7. The maximum absolute atomic E-state index is 4.52. The van der Waals surface area contributed by atoms with Crippen LogP contribution in [0.15, 0.2) is 43.7 Å². The zero-order valence-corrected chi connectivity index (χ0v) is 16.4. The molecule has 0 saturated heterocycles. The Bertz CT molecular complexity index is 1080. The second-order valence-electron chi connectivity index (χ2n) is 5.04. The Labute approximate surface area is 157 Å². The normalized spacial score (nSPS) is 11.8. The summed E-state index contributed by atoms with van der Waals surface area (Å²) in [6.45, 7) is 0. The molecule has 4 rings (SSSR count). The van der Waals surface area contributed by atoms with Gasteiger partial charge in [0, 0.05) is 21.8 Å². The topological polar surface area (TPSA) is 68.0 Å². The molecule has 1 N–H and O–H groups in total. The van der Waals surface area contributed by atoms with Crippen LogP contribution in [0.4, 0.5) is 5.95 Å². The van der Waals surface area contributed by atoms with Gasteiger partial charge in [-0.3, -0.25) is 0 Å². The summed E-state index contributed by atoms with van der Waals surface area (Å²) in [7, 11) is 1.96. The third-order valence-electron chi connectivity index (χ3n) is 3.51. The molecule has 0 amide bonds. The molecule has 3 heterocycles. The first-order valence-corrected chi connectivity index (χ1v) is 9.35. The van der Waals surface area contributed by atoms with Crippen LogP contribution in [0.25, 0.3) is 22.1 Å². The summed E-state index contributed by atoms with van der Waals surface area (Å²) in [5, 5.41) is 13.6. The van der Waals surface area contributed by atoms with E-state index < -0.39 is 0 Å². The van der Waals surface area contributed by atoms with Gasteiger partial charge in [0.05, 0.1) is 15.5 Å². The number of anilines is 1. The molecule has 0 aliphatic rings. The molecule has 9 heteroatoms. The Kier molecular flexibility index (Phi) is 4.07. The van der Waals surface area contributed by atoms with E-state index in [-0.39, 0.29) is 0 Å². The summed E-state index contributed by atoms with van der Waals surface area (Å²) in [4.78, 5) is 5.55. The number of thiophene rings is 1. The fourth-order valence-electron chi connectivity index (χ4n) is 2.43. The van der Waals surface area contributed by atoms with Gasteiger partial charge in [0.2, 0.25) is 0 Å². The van der Waals surface area contributed by atoms with E-state index in [9.17, 15) is 0 Å². The second kappa shape index (κ2) is 6.23. The molecule has 0 aliphatic heterocycles. The van der Waals surface area contributed by atoms with Crippen LogP contribution in [0, 0.1) is 0 Å². The van der Waals surface area contributed by atoms with E-state index in [0.717, 1.165) is 35.2 Å². The van der Waals surface area contributed by atoms with Gasteiger partial charge < -0.3 is 4.57 Å². The zero-order valence-electron chi connectivity index (χ0n) is 12.4. The largest absolute Gasteiger partial charge is 0.327 e. The minimum Gasteiger partial charge on any atom is -0.327 e. The van der Waals surface area contributed by atoms with Gasteiger partial charge in [-0.2, -0.15) is 10.1 Å². The molecule has 0 fully saturated rings. The lowest BCUT2D eigenvalue weighted by Crippen LogP contribution is -2.00.